The number of hydrogen-bond donors (Lipinski definition) is 2. The number of rotatable bonds is 6. The van der Waals surface area contributed by atoms with Crippen LogP contribution in [0.2, 0.25) is 0 Å². The minimum Gasteiger partial charge on any atom is -0.495 e. The number of ether oxygens (including phenoxy) is 1. The maximum atomic E-state index is 13.2. The third kappa shape index (κ3) is 6.27. The predicted octanol–water partition coefficient (Wildman–Crippen LogP) is 6.60. The lowest BCUT2D eigenvalue weighted by atomic mass is 9.87. The number of pyridine rings is 1. The fraction of sp³-hybridized carbons (Fsp3) is 0.333. The molecule has 0 spiro atoms. The molecule has 2 amide bonds. The quantitative estimate of drug-likeness (QED) is 0.290. The van der Waals surface area contributed by atoms with E-state index in [0.29, 0.717) is 11.4 Å². The zero-order valence-electron chi connectivity index (χ0n) is 24.1. The van der Waals surface area contributed by atoms with E-state index in [1.54, 1.807) is 7.11 Å². The number of fused-ring (bicyclic) bond motifs is 1. The fourth-order valence-electron chi connectivity index (χ4n) is 5.13. The number of piperazine rings is 1. The molecule has 3 aromatic carbocycles. The summed E-state index contributed by atoms with van der Waals surface area (Å²) in [6.45, 7) is 11.6. The average molecular weight is 538 g/mol. The third-order valence-electron chi connectivity index (χ3n) is 7.55. The van der Waals surface area contributed by atoms with E-state index in [9.17, 15) is 4.79 Å². The van der Waals surface area contributed by atoms with Gasteiger partial charge >= 0.3 is 6.03 Å². The Kier molecular flexibility index (Phi) is 8.05. The van der Waals surface area contributed by atoms with Crippen LogP contribution in [-0.4, -0.2) is 61.2 Å². The van der Waals surface area contributed by atoms with Crippen molar-refractivity contribution >= 4 is 28.2 Å². The summed E-state index contributed by atoms with van der Waals surface area (Å²) in [7, 11) is 3.78. The molecule has 40 heavy (non-hydrogen) atoms. The molecular weight excluding hydrogens is 498 g/mol. The summed E-state index contributed by atoms with van der Waals surface area (Å²) in [6, 6.07) is 23.9. The van der Waals surface area contributed by atoms with Gasteiger partial charge in [0.1, 0.15) is 5.75 Å². The minimum atomic E-state index is -0.324. The van der Waals surface area contributed by atoms with Gasteiger partial charge in [0.2, 0.25) is 0 Å². The number of carbonyl (C=O) groups is 1. The van der Waals surface area contributed by atoms with Gasteiger partial charge in [-0.3, -0.25) is 9.88 Å². The molecule has 2 heterocycles. The first-order valence-electron chi connectivity index (χ1n) is 13.9. The van der Waals surface area contributed by atoms with E-state index in [1.807, 2.05) is 48.5 Å². The molecule has 1 saturated heterocycles. The topological polar surface area (TPSA) is 69.7 Å². The van der Waals surface area contributed by atoms with Crippen molar-refractivity contribution < 1.29 is 9.53 Å². The van der Waals surface area contributed by atoms with Gasteiger partial charge in [-0.1, -0.05) is 63.2 Å². The Hall–Kier alpha value is -3.94. The zero-order chi connectivity index (χ0) is 28.3. The van der Waals surface area contributed by atoms with Gasteiger partial charge in [0, 0.05) is 43.7 Å². The molecule has 7 heteroatoms. The van der Waals surface area contributed by atoms with Gasteiger partial charge in [-0.15, -0.1) is 0 Å². The highest BCUT2D eigenvalue weighted by Crippen LogP contribution is 2.34. The molecule has 1 aliphatic rings. The Morgan fingerprint density at radius 2 is 1.60 bits per heavy atom. The molecular formula is C33H39N5O2. The van der Waals surface area contributed by atoms with Gasteiger partial charge in [0.15, 0.2) is 0 Å². The minimum absolute atomic E-state index is 0.0545. The number of nitrogens with zero attached hydrogens (tertiary/aromatic N) is 3. The molecule has 2 N–H and O–H groups in total. The standard InChI is InChI=1S/C33H39N5O2/c1-33(2,3)23-13-16-31(40-5)30(21-23)36-32(39)35-29-15-14-27(25-10-6-7-11-26(25)29)28-12-8-9-24(34-28)22-38-19-17-37(4)18-20-38/h6-16,21H,17-20,22H2,1-5H3,(H2,35,36,39). The lowest BCUT2D eigenvalue weighted by Gasteiger charge is -2.32. The van der Waals surface area contributed by atoms with Crippen molar-refractivity contribution in [2.24, 2.45) is 0 Å². The van der Waals surface area contributed by atoms with Crippen LogP contribution in [0.3, 0.4) is 0 Å². The highest BCUT2D eigenvalue weighted by Gasteiger charge is 2.18. The second kappa shape index (κ2) is 11.7. The highest BCUT2D eigenvalue weighted by molar-refractivity contribution is 6.09. The summed E-state index contributed by atoms with van der Waals surface area (Å²) in [5, 5.41) is 8.04. The highest BCUT2D eigenvalue weighted by atomic mass is 16.5. The summed E-state index contributed by atoms with van der Waals surface area (Å²) in [5.74, 6) is 0.617. The summed E-state index contributed by atoms with van der Waals surface area (Å²) in [4.78, 5) is 23.0. The lowest BCUT2D eigenvalue weighted by molar-refractivity contribution is 0.147. The van der Waals surface area contributed by atoms with Crippen molar-refractivity contribution in [3.05, 3.63) is 84.1 Å². The van der Waals surface area contributed by atoms with Gasteiger partial charge in [0.05, 0.1) is 29.9 Å². The molecule has 0 unspecified atom stereocenters. The van der Waals surface area contributed by atoms with Crippen LogP contribution in [0.1, 0.15) is 32.0 Å². The van der Waals surface area contributed by atoms with Gasteiger partial charge < -0.3 is 20.3 Å². The number of hydrogen-bond acceptors (Lipinski definition) is 5. The molecule has 208 valence electrons. The van der Waals surface area contributed by atoms with E-state index in [2.05, 4.69) is 72.5 Å². The van der Waals surface area contributed by atoms with E-state index in [0.717, 1.165) is 71.7 Å². The third-order valence-corrected chi connectivity index (χ3v) is 7.55. The summed E-state index contributed by atoms with van der Waals surface area (Å²) in [6.07, 6.45) is 0. The van der Waals surface area contributed by atoms with Crippen LogP contribution >= 0.6 is 0 Å². The summed E-state index contributed by atoms with van der Waals surface area (Å²) < 4.78 is 5.51. The van der Waals surface area contributed by atoms with Crippen molar-refractivity contribution in [1.82, 2.24) is 14.8 Å². The van der Waals surface area contributed by atoms with Gasteiger partial charge in [-0.25, -0.2) is 4.79 Å². The molecule has 0 atom stereocenters. The fourth-order valence-corrected chi connectivity index (χ4v) is 5.13. The Morgan fingerprint density at radius 3 is 2.33 bits per heavy atom. The number of benzene rings is 3. The molecule has 5 rings (SSSR count). The van der Waals surface area contributed by atoms with Gasteiger partial charge in [-0.2, -0.15) is 0 Å². The normalized spacial score (nSPS) is 14.7. The molecule has 7 nitrogen and oxygen atoms in total. The molecule has 0 aliphatic carbocycles. The maximum absolute atomic E-state index is 13.2. The maximum Gasteiger partial charge on any atom is 0.323 e. The Balaban J connectivity index is 1.38. The van der Waals surface area contributed by atoms with Gasteiger partial charge in [0.25, 0.3) is 0 Å². The van der Waals surface area contributed by atoms with Crippen LogP contribution in [0.5, 0.6) is 5.75 Å². The van der Waals surface area contributed by atoms with Gasteiger partial charge in [-0.05, 0) is 53.7 Å². The molecule has 1 aliphatic heterocycles. The molecule has 1 fully saturated rings. The Labute approximate surface area is 237 Å². The van der Waals surface area contributed by atoms with Crippen molar-refractivity contribution in [1.29, 1.82) is 0 Å². The first-order valence-corrected chi connectivity index (χ1v) is 13.9. The number of likely N-dealkylation sites (N-methyl/N-ethyl adjacent to an activating group) is 1. The first-order chi connectivity index (χ1) is 19.2. The zero-order valence-corrected chi connectivity index (χ0v) is 24.1. The number of urea groups is 1. The van der Waals surface area contributed by atoms with Crippen LogP contribution < -0.4 is 15.4 Å². The van der Waals surface area contributed by atoms with Crippen LogP contribution in [-0.2, 0) is 12.0 Å². The molecule has 0 radical (unpaired) electrons. The first kappa shape index (κ1) is 27.6. The van der Waals surface area contributed by atoms with Crippen molar-refractivity contribution in [3.63, 3.8) is 0 Å². The Bertz CT molecular complexity index is 1500. The SMILES string of the molecule is COc1ccc(C(C)(C)C)cc1NC(=O)Nc1ccc(-c2cccc(CN3CCN(C)CC3)n2)c2ccccc12. The number of anilines is 2. The number of aromatic nitrogens is 1. The Morgan fingerprint density at radius 1 is 0.875 bits per heavy atom. The van der Waals surface area contributed by atoms with Crippen molar-refractivity contribution in [2.75, 3.05) is 51.0 Å². The van der Waals surface area contributed by atoms with E-state index in [1.165, 1.54) is 0 Å². The smallest absolute Gasteiger partial charge is 0.323 e. The van der Waals surface area contributed by atoms with E-state index in [-0.39, 0.29) is 11.4 Å². The second-order valence-electron chi connectivity index (χ2n) is 11.5. The summed E-state index contributed by atoms with van der Waals surface area (Å²) >= 11 is 0. The van der Waals surface area contributed by atoms with E-state index >= 15 is 0 Å². The molecule has 0 bridgehead atoms. The van der Waals surface area contributed by atoms with Crippen LogP contribution in [0.4, 0.5) is 16.2 Å². The second-order valence-corrected chi connectivity index (χ2v) is 11.5. The van der Waals surface area contributed by atoms with Crippen LogP contribution in [0, 0.1) is 0 Å². The van der Waals surface area contributed by atoms with E-state index in [4.69, 9.17) is 9.72 Å². The number of amides is 2. The predicted molar refractivity (Wildman–Crippen MR) is 164 cm³/mol. The van der Waals surface area contributed by atoms with Crippen LogP contribution in [0.15, 0.2) is 72.8 Å². The van der Waals surface area contributed by atoms with Crippen molar-refractivity contribution in [2.45, 2.75) is 32.7 Å². The summed E-state index contributed by atoms with van der Waals surface area (Å²) in [5.41, 5.74) is 5.47. The number of carbonyl (C=O) groups excluding carboxylic acids is 1. The number of methoxy groups -OCH3 is 1. The number of nitrogens with one attached hydrogen (secondary N) is 2. The molecule has 0 saturated carbocycles. The van der Waals surface area contributed by atoms with E-state index < -0.39 is 0 Å². The molecule has 4 aromatic rings. The largest absolute Gasteiger partial charge is 0.495 e. The molecule has 1 aromatic heterocycles. The average Bonchev–Trinajstić information content (AvgIpc) is 2.94. The lowest BCUT2D eigenvalue weighted by Crippen LogP contribution is -2.44. The van der Waals surface area contributed by atoms with Crippen LogP contribution in [0.25, 0.3) is 22.0 Å². The van der Waals surface area contributed by atoms with Crippen molar-refractivity contribution in [3.8, 4) is 17.0 Å². The monoisotopic (exact) mass is 537 g/mol.